The van der Waals surface area contributed by atoms with Gasteiger partial charge in [0.25, 0.3) is 0 Å². The van der Waals surface area contributed by atoms with E-state index in [1.165, 1.54) is 15.5 Å². The van der Waals surface area contributed by atoms with Crippen molar-refractivity contribution in [3.05, 3.63) is 18.1 Å². The van der Waals surface area contributed by atoms with Crippen LogP contribution in [0.15, 0.2) is 12.4 Å². The highest BCUT2D eigenvalue weighted by Crippen LogP contribution is 2.24. The Labute approximate surface area is 141 Å². The molecular weight excluding hydrogens is 332 g/mol. The number of ether oxygens (including phenoxy) is 1. The minimum Gasteiger partial charge on any atom is -0.447 e. The van der Waals surface area contributed by atoms with E-state index in [0.29, 0.717) is 31.4 Å². The van der Waals surface area contributed by atoms with Crippen LogP contribution < -0.4 is 4.90 Å². The molecule has 0 bridgehead atoms. The van der Waals surface area contributed by atoms with E-state index in [-0.39, 0.29) is 6.04 Å². The van der Waals surface area contributed by atoms with E-state index in [0.717, 1.165) is 25.0 Å². The summed E-state index contributed by atoms with van der Waals surface area (Å²) >= 11 is 0. The number of cyclic esters (lactones) is 1. The van der Waals surface area contributed by atoms with Gasteiger partial charge in [0.05, 0.1) is 24.2 Å². The van der Waals surface area contributed by atoms with Gasteiger partial charge in [0, 0.05) is 19.3 Å². The van der Waals surface area contributed by atoms with Gasteiger partial charge in [0.1, 0.15) is 6.61 Å². The molecule has 0 saturated carbocycles. The monoisotopic (exact) mass is 354 g/mol. The van der Waals surface area contributed by atoms with Crippen LogP contribution in [0.25, 0.3) is 0 Å². The van der Waals surface area contributed by atoms with Gasteiger partial charge in [-0.1, -0.05) is 0 Å². The normalized spacial score (nSPS) is 23.5. The summed E-state index contributed by atoms with van der Waals surface area (Å²) in [4.78, 5) is 22.1. The molecule has 3 heterocycles. The minimum absolute atomic E-state index is 0.0555. The van der Waals surface area contributed by atoms with E-state index < -0.39 is 16.1 Å². The Balaban J connectivity index is 1.65. The van der Waals surface area contributed by atoms with Gasteiger partial charge in [-0.15, -0.1) is 0 Å². The van der Waals surface area contributed by atoms with Gasteiger partial charge in [0.15, 0.2) is 5.82 Å². The molecule has 0 aliphatic carbocycles. The largest absolute Gasteiger partial charge is 0.447 e. The van der Waals surface area contributed by atoms with Gasteiger partial charge in [-0.25, -0.2) is 22.5 Å². The summed E-state index contributed by atoms with van der Waals surface area (Å²) in [5.41, 5.74) is 0.817. The quantitative estimate of drug-likeness (QED) is 0.802. The van der Waals surface area contributed by atoms with Gasteiger partial charge in [-0.3, -0.25) is 9.88 Å². The number of hydrogen-bond donors (Lipinski definition) is 0. The lowest BCUT2D eigenvalue weighted by molar-refractivity contribution is 0.179. The van der Waals surface area contributed by atoms with Crippen molar-refractivity contribution in [1.82, 2.24) is 14.3 Å². The third-order valence-electron chi connectivity index (χ3n) is 4.54. The van der Waals surface area contributed by atoms with E-state index in [4.69, 9.17) is 4.74 Å². The standard InChI is InChI=1S/C15H22N4O4S/c1-11-10-23-15(20)19(11)14-9-16-8-13(17-14)7-12-3-5-18(6-4-12)24(2,21)22/h8-9,11-12H,3-7,10H2,1-2H3. The summed E-state index contributed by atoms with van der Waals surface area (Å²) in [6, 6.07) is -0.0555. The van der Waals surface area contributed by atoms with Crippen LogP contribution in [0, 0.1) is 5.92 Å². The Morgan fingerprint density at radius 2 is 2.00 bits per heavy atom. The van der Waals surface area contributed by atoms with E-state index >= 15 is 0 Å². The predicted molar refractivity (Wildman–Crippen MR) is 88.2 cm³/mol. The molecule has 0 aromatic carbocycles. The highest BCUT2D eigenvalue weighted by molar-refractivity contribution is 7.88. The molecule has 2 aliphatic heterocycles. The van der Waals surface area contributed by atoms with Gasteiger partial charge in [-0.2, -0.15) is 0 Å². The summed E-state index contributed by atoms with van der Waals surface area (Å²) in [5, 5.41) is 0. The van der Waals surface area contributed by atoms with Crippen molar-refractivity contribution < 1.29 is 17.9 Å². The lowest BCUT2D eigenvalue weighted by Crippen LogP contribution is -2.38. The van der Waals surface area contributed by atoms with E-state index in [1.807, 2.05) is 6.92 Å². The fourth-order valence-electron chi connectivity index (χ4n) is 3.19. The topological polar surface area (TPSA) is 92.7 Å². The second-order valence-electron chi connectivity index (χ2n) is 6.47. The van der Waals surface area contributed by atoms with Gasteiger partial charge < -0.3 is 4.74 Å². The molecule has 1 unspecified atom stereocenters. The van der Waals surface area contributed by atoms with Crippen molar-refractivity contribution in [3.63, 3.8) is 0 Å². The molecule has 1 aromatic rings. The van der Waals surface area contributed by atoms with Gasteiger partial charge >= 0.3 is 6.09 Å². The number of amides is 1. The molecular formula is C15H22N4O4S. The van der Waals surface area contributed by atoms with Gasteiger partial charge in [-0.05, 0) is 32.1 Å². The molecule has 2 aliphatic rings. The first-order chi connectivity index (χ1) is 11.3. The number of sulfonamides is 1. The highest BCUT2D eigenvalue weighted by atomic mass is 32.2. The highest BCUT2D eigenvalue weighted by Gasteiger charge is 2.32. The smallest absolute Gasteiger partial charge is 0.415 e. The Kier molecular flexibility index (Phi) is 4.73. The fraction of sp³-hybridized carbons (Fsp3) is 0.667. The number of hydrogen-bond acceptors (Lipinski definition) is 6. The van der Waals surface area contributed by atoms with Crippen molar-refractivity contribution in [2.45, 2.75) is 32.2 Å². The molecule has 0 spiro atoms. The Bertz CT molecular complexity index is 716. The molecule has 1 aromatic heterocycles. The molecule has 132 valence electrons. The zero-order valence-electron chi connectivity index (χ0n) is 13.9. The molecule has 0 N–H and O–H groups in total. The van der Waals surface area contributed by atoms with Gasteiger partial charge in [0.2, 0.25) is 10.0 Å². The van der Waals surface area contributed by atoms with E-state index in [1.54, 1.807) is 12.4 Å². The molecule has 0 radical (unpaired) electrons. The van der Waals surface area contributed by atoms with Crippen LogP contribution >= 0.6 is 0 Å². The molecule has 1 amide bonds. The van der Waals surface area contributed by atoms with E-state index in [2.05, 4.69) is 9.97 Å². The van der Waals surface area contributed by atoms with Crippen LogP contribution in [0.3, 0.4) is 0 Å². The van der Waals surface area contributed by atoms with E-state index in [9.17, 15) is 13.2 Å². The van der Waals surface area contributed by atoms with Crippen molar-refractivity contribution in [3.8, 4) is 0 Å². The number of rotatable bonds is 4. The first-order valence-electron chi connectivity index (χ1n) is 8.06. The zero-order chi connectivity index (χ0) is 17.3. The average molecular weight is 354 g/mol. The summed E-state index contributed by atoms with van der Waals surface area (Å²) in [7, 11) is -3.10. The summed E-state index contributed by atoms with van der Waals surface area (Å²) in [6.45, 7) is 3.35. The summed E-state index contributed by atoms with van der Waals surface area (Å²) < 4.78 is 29.7. The second-order valence-corrected chi connectivity index (χ2v) is 8.46. The first-order valence-corrected chi connectivity index (χ1v) is 9.91. The average Bonchev–Trinajstić information content (AvgIpc) is 2.86. The third kappa shape index (κ3) is 3.67. The van der Waals surface area contributed by atoms with Crippen LogP contribution in [0.5, 0.6) is 0 Å². The molecule has 3 rings (SSSR count). The van der Waals surface area contributed by atoms with Crippen molar-refractivity contribution >= 4 is 21.9 Å². The number of piperidine rings is 1. The number of aromatic nitrogens is 2. The zero-order valence-corrected chi connectivity index (χ0v) is 14.7. The maximum atomic E-state index is 11.8. The second kappa shape index (κ2) is 6.64. The maximum absolute atomic E-state index is 11.8. The minimum atomic E-state index is -3.10. The number of carbonyl (C=O) groups is 1. The predicted octanol–water partition coefficient (Wildman–Crippen LogP) is 1.04. The number of carbonyl (C=O) groups excluding carboxylic acids is 1. The molecule has 1 atom stereocenters. The molecule has 2 saturated heterocycles. The fourth-order valence-corrected chi connectivity index (χ4v) is 4.06. The van der Waals surface area contributed by atoms with Crippen LogP contribution in [-0.4, -0.2) is 60.8 Å². The van der Waals surface area contributed by atoms with Crippen LogP contribution in [-0.2, 0) is 21.2 Å². The van der Waals surface area contributed by atoms with Crippen molar-refractivity contribution in [2.75, 3.05) is 30.9 Å². The van der Waals surface area contributed by atoms with Crippen LogP contribution in [0.1, 0.15) is 25.5 Å². The summed E-state index contributed by atoms with van der Waals surface area (Å²) in [5.74, 6) is 0.881. The SMILES string of the molecule is CC1COC(=O)N1c1cncc(CC2CCN(S(C)(=O)=O)CC2)n1. The number of anilines is 1. The molecule has 8 nitrogen and oxygen atoms in total. The molecule has 24 heavy (non-hydrogen) atoms. The Morgan fingerprint density at radius 3 is 2.58 bits per heavy atom. The van der Waals surface area contributed by atoms with Crippen molar-refractivity contribution in [1.29, 1.82) is 0 Å². The summed E-state index contributed by atoms with van der Waals surface area (Å²) in [6.07, 6.45) is 6.48. The molecule has 2 fully saturated rings. The number of nitrogens with zero attached hydrogens (tertiary/aromatic N) is 4. The Hall–Kier alpha value is -1.74. The lowest BCUT2D eigenvalue weighted by Gasteiger charge is -2.30. The molecule has 9 heteroatoms. The Morgan fingerprint density at radius 1 is 1.29 bits per heavy atom. The first kappa shape index (κ1) is 17.1. The van der Waals surface area contributed by atoms with Crippen LogP contribution in [0.2, 0.25) is 0 Å². The lowest BCUT2D eigenvalue weighted by atomic mass is 9.93. The maximum Gasteiger partial charge on any atom is 0.415 e. The van der Waals surface area contributed by atoms with Crippen molar-refractivity contribution in [2.24, 2.45) is 5.92 Å². The third-order valence-corrected chi connectivity index (χ3v) is 5.85. The van der Waals surface area contributed by atoms with Crippen LogP contribution in [0.4, 0.5) is 10.6 Å².